The van der Waals surface area contributed by atoms with Crippen LogP contribution in [-0.4, -0.2) is 13.9 Å². The Kier molecular flexibility index (Phi) is 3.43. The molecule has 1 aromatic rings. The lowest BCUT2D eigenvalue weighted by molar-refractivity contribution is -0.0173. The minimum Gasteiger partial charge on any atom is -0.467 e. The normalized spacial score (nSPS) is 14.5. The summed E-state index contributed by atoms with van der Waals surface area (Å²) in [4.78, 5) is 4.80. The van der Waals surface area contributed by atoms with Crippen molar-refractivity contribution in [2.24, 2.45) is 0 Å². The van der Waals surface area contributed by atoms with Crippen molar-refractivity contribution in [1.82, 2.24) is 5.48 Å². The number of fused-ring (bicyclic) bond motifs is 1. The van der Waals surface area contributed by atoms with Gasteiger partial charge < -0.3 is 14.3 Å². The van der Waals surface area contributed by atoms with E-state index in [1.54, 1.807) is 7.11 Å². The van der Waals surface area contributed by atoms with Crippen molar-refractivity contribution in [3.8, 4) is 5.75 Å². The maximum Gasteiger partial charge on any atom is 0.189 e. The number of hydrogen-bond acceptors (Lipinski definition) is 4. The standard InChI is InChI=1S/C10H12ClNO3/c1-13-12-4-7-8-5-14-6-15-10(8)3-2-9(7)11/h2-3,12H,4-6H2,1H3. The van der Waals surface area contributed by atoms with Crippen molar-refractivity contribution in [1.29, 1.82) is 0 Å². The van der Waals surface area contributed by atoms with Crippen LogP contribution in [0.3, 0.4) is 0 Å². The molecule has 0 radical (unpaired) electrons. The van der Waals surface area contributed by atoms with Crippen molar-refractivity contribution >= 4 is 11.6 Å². The molecule has 0 aliphatic carbocycles. The zero-order chi connectivity index (χ0) is 10.7. The molecule has 4 nitrogen and oxygen atoms in total. The van der Waals surface area contributed by atoms with Gasteiger partial charge in [0, 0.05) is 17.1 Å². The first kappa shape index (κ1) is 10.7. The van der Waals surface area contributed by atoms with Gasteiger partial charge in [0.25, 0.3) is 0 Å². The first-order chi connectivity index (χ1) is 7.33. The molecule has 0 atom stereocenters. The molecule has 1 aliphatic heterocycles. The molecule has 2 rings (SSSR count). The van der Waals surface area contributed by atoms with Crippen LogP contribution in [0.15, 0.2) is 12.1 Å². The lowest BCUT2D eigenvalue weighted by Gasteiger charge is -2.21. The summed E-state index contributed by atoms with van der Waals surface area (Å²) in [6.07, 6.45) is 0. The smallest absolute Gasteiger partial charge is 0.189 e. The molecule has 0 saturated carbocycles. The average Bonchev–Trinajstić information content (AvgIpc) is 2.28. The van der Waals surface area contributed by atoms with Gasteiger partial charge in [-0.15, -0.1) is 0 Å². The summed E-state index contributed by atoms with van der Waals surface area (Å²) in [5.41, 5.74) is 4.70. The van der Waals surface area contributed by atoms with Crippen molar-refractivity contribution in [3.05, 3.63) is 28.3 Å². The Bertz CT molecular complexity index is 357. The van der Waals surface area contributed by atoms with Crippen LogP contribution >= 0.6 is 11.6 Å². The summed E-state index contributed by atoms with van der Waals surface area (Å²) in [6, 6.07) is 3.68. The van der Waals surface area contributed by atoms with E-state index in [0.717, 1.165) is 16.9 Å². The van der Waals surface area contributed by atoms with Crippen LogP contribution in [0, 0.1) is 0 Å². The van der Waals surface area contributed by atoms with Gasteiger partial charge in [0.05, 0.1) is 13.7 Å². The number of halogens is 1. The highest BCUT2D eigenvalue weighted by atomic mass is 35.5. The van der Waals surface area contributed by atoms with Gasteiger partial charge in [-0.3, -0.25) is 0 Å². The van der Waals surface area contributed by atoms with Gasteiger partial charge in [-0.25, -0.2) is 0 Å². The summed E-state index contributed by atoms with van der Waals surface area (Å²) in [6.45, 7) is 1.35. The van der Waals surface area contributed by atoms with Crippen LogP contribution in [0.4, 0.5) is 0 Å². The summed E-state index contributed by atoms with van der Waals surface area (Å²) in [7, 11) is 1.57. The number of nitrogens with one attached hydrogen (secondary N) is 1. The van der Waals surface area contributed by atoms with Crippen LogP contribution in [0.1, 0.15) is 11.1 Å². The molecule has 82 valence electrons. The van der Waals surface area contributed by atoms with E-state index in [1.165, 1.54) is 0 Å². The number of rotatable bonds is 3. The Morgan fingerprint density at radius 2 is 2.40 bits per heavy atom. The predicted molar refractivity (Wildman–Crippen MR) is 55.6 cm³/mol. The first-order valence-corrected chi connectivity index (χ1v) is 4.97. The van der Waals surface area contributed by atoms with Gasteiger partial charge in [-0.1, -0.05) is 11.6 Å². The van der Waals surface area contributed by atoms with Gasteiger partial charge in [0.2, 0.25) is 0 Å². The number of benzene rings is 1. The monoisotopic (exact) mass is 229 g/mol. The number of ether oxygens (including phenoxy) is 2. The molecule has 0 fully saturated rings. The molecular formula is C10H12ClNO3. The van der Waals surface area contributed by atoms with Crippen molar-refractivity contribution in [2.45, 2.75) is 13.2 Å². The maximum absolute atomic E-state index is 6.09. The van der Waals surface area contributed by atoms with Gasteiger partial charge in [-0.2, -0.15) is 5.48 Å². The zero-order valence-electron chi connectivity index (χ0n) is 8.38. The molecule has 15 heavy (non-hydrogen) atoms. The minimum absolute atomic E-state index is 0.297. The molecule has 1 N–H and O–H groups in total. The fraction of sp³-hybridized carbons (Fsp3) is 0.400. The Morgan fingerprint density at radius 3 is 3.20 bits per heavy atom. The molecule has 0 saturated heterocycles. The average molecular weight is 230 g/mol. The van der Waals surface area contributed by atoms with Gasteiger partial charge in [0.15, 0.2) is 6.79 Å². The third-order valence-electron chi connectivity index (χ3n) is 2.27. The van der Waals surface area contributed by atoms with Gasteiger partial charge in [0.1, 0.15) is 5.75 Å². The van der Waals surface area contributed by atoms with Crippen LogP contribution in [0.2, 0.25) is 5.02 Å². The van der Waals surface area contributed by atoms with E-state index in [-0.39, 0.29) is 0 Å². The fourth-order valence-corrected chi connectivity index (χ4v) is 1.76. The van der Waals surface area contributed by atoms with Crippen molar-refractivity contribution in [3.63, 3.8) is 0 Å². The second kappa shape index (κ2) is 4.81. The van der Waals surface area contributed by atoms with Crippen LogP contribution in [0.25, 0.3) is 0 Å². The molecule has 0 bridgehead atoms. The van der Waals surface area contributed by atoms with Crippen molar-refractivity contribution < 1.29 is 14.3 Å². The van der Waals surface area contributed by atoms with Crippen LogP contribution in [0.5, 0.6) is 5.75 Å². The third-order valence-corrected chi connectivity index (χ3v) is 2.62. The van der Waals surface area contributed by atoms with E-state index in [1.807, 2.05) is 12.1 Å². The third kappa shape index (κ3) is 2.23. The highest BCUT2D eigenvalue weighted by Crippen LogP contribution is 2.31. The largest absolute Gasteiger partial charge is 0.467 e. The summed E-state index contributed by atoms with van der Waals surface area (Å²) in [5.74, 6) is 0.832. The Morgan fingerprint density at radius 1 is 1.53 bits per heavy atom. The molecule has 1 heterocycles. The Balaban J connectivity index is 2.32. The van der Waals surface area contributed by atoms with Crippen LogP contribution in [-0.2, 0) is 22.7 Å². The lowest BCUT2D eigenvalue weighted by Crippen LogP contribution is -2.17. The van der Waals surface area contributed by atoms with Gasteiger partial charge >= 0.3 is 0 Å². The molecule has 0 amide bonds. The molecule has 0 unspecified atom stereocenters. The van der Waals surface area contributed by atoms with E-state index in [0.29, 0.717) is 25.0 Å². The van der Waals surface area contributed by atoms with E-state index in [9.17, 15) is 0 Å². The van der Waals surface area contributed by atoms with E-state index >= 15 is 0 Å². The molecule has 1 aromatic carbocycles. The topological polar surface area (TPSA) is 39.7 Å². The predicted octanol–water partition coefficient (Wildman–Crippen LogP) is 1.86. The number of hydroxylamine groups is 1. The van der Waals surface area contributed by atoms with Crippen LogP contribution < -0.4 is 10.2 Å². The lowest BCUT2D eigenvalue weighted by atomic mass is 10.1. The van der Waals surface area contributed by atoms with E-state index in [4.69, 9.17) is 25.9 Å². The minimum atomic E-state index is 0.297. The molecule has 0 spiro atoms. The number of hydrogen-bond donors (Lipinski definition) is 1. The Labute approximate surface area is 93.0 Å². The Hall–Kier alpha value is -0.810. The SMILES string of the molecule is CONCc1c(Cl)ccc2c1COCO2. The molecule has 1 aliphatic rings. The molecular weight excluding hydrogens is 218 g/mol. The summed E-state index contributed by atoms with van der Waals surface area (Å²) < 4.78 is 10.6. The van der Waals surface area contributed by atoms with Crippen molar-refractivity contribution in [2.75, 3.05) is 13.9 Å². The first-order valence-electron chi connectivity index (χ1n) is 4.59. The molecule has 0 aromatic heterocycles. The highest BCUT2D eigenvalue weighted by molar-refractivity contribution is 6.31. The quantitative estimate of drug-likeness (QED) is 0.804. The highest BCUT2D eigenvalue weighted by Gasteiger charge is 2.16. The molecule has 5 heteroatoms. The second-order valence-corrected chi connectivity index (χ2v) is 3.55. The zero-order valence-corrected chi connectivity index (χ0v) is 9.13. The van der Waals surface area contributed by atoms with E-state index < -0.39 is 0 Å². The van der Waals surface area contributed by atoms with E-state index in [2.05, 4.69) is 5.48 Å². The van der Waals surface area contributed by atoms with Gasteiger partial charge in [-0.05, 0) is 17.7 Å². The maximum atomic E-state index is 6.09. The fourth-order valence-electron chi connectivity index (χ4n) is 1.52. The second-order valence-electron chi connectivity index (χ2n) is 3.14. The summed E-state index contributed by atoms with van der Waals surface area (Å²) in [5, 5.41) is 0.687. The summed E-state index contributed by atoms with van der Waals surface area (Å²) >= 11 is 6.09.